The second kappa shape index (κ2) is 9.25. The second-order valence-corrected chi connectivity index (χ2v) is 11.3. The number of hydrogen-bond donors (Lipinski definition) is 0. The highest BCUT2D eigenvalue weighted by Crippen LogP contribution is 2.36. The van der Waals surface area contributed by atoms with Gasteiger partial charge in [0.1, 0.15) is 10.7 Å². The largest absolute Gasteiger partial charge is 0.340 e. The first-order valence-corrected chi connectivity index (χ1v) is 13.7. The SMILES string of the molecule is Cc1c(C2=CCN(S(=O)(=O)c3cccc4cccnc34)CC2)c2ccccc2n1Cc1cccc(F)c1. The van der Waals surface area contributed by atoms with Crippen LogP contribution in [0.15, 0.2) is 96.0 Å². The zero-order chi connectivity index (χ0) is 25.6. The molecule has 2 aromatic heterocycles. The van der Waals surface area contributed by atoms with Crippen LogP contribution in [0.1, 0.15) is 23.2 Å². The smallest absolute Gasteiger partial charge is 0.245 e. The molecule has 0 amide bonds. The van der Waals surface area contributed by atoms with Crippen LogP contribution in [0.5, 0.6) is 0 Å². The normalized spacial score (nSPS) is 14.8. The van der Waals surface area contributed by atoms with E-state index in [0.717, 1.165) is 38.7 Å². The molecule has 5 nitrogen and oxygen atoms in total. The van der Waals surface area contributed by atoms with E-state index in [4.69, 9.17) is 0 Å². The van der Waals surface area contributed by atoms with Gasteiger partial charge < -0.3 is 4.57 Å². The lowest BCUT2D eigenvalue weighted by atomic mass is 9.97. The number of hydrogen-bond acceptors (Lipinski definition) is 3. The standard InChI is InChI=1S/C30H26FN3O2S/c1-21-29(26-11-2-3-12-27(26)34(21)20-22-7-4-10-25(31)19-22)23-14-17-33(18-15-23)37(35,36)28-13-5-8-24-9-6-16-32-30(24)28/h2-14,16,19H,15,17-18,20H2,1H3. The first kappa shape index (κ1) is 23.6. The number of fused-ring (bicyclic) bond motifs is 2. The molecule has 0 fully saturated rings. The van der Waals surface area contributed by atoms with E-state index in [1.807, 2.05) is 42.5 Å². The van der Waals surface area contributed by atoms with Gasteiger partial charge >= 0.3 is 0 Å². The summed E-state index contributed by atoms with van der Waals surface area (Å²) in [6.45, 7) is 3.33. The van der Waals surface area contributed by atoms with Crippen LogP contribution in [0.2, 0.25) is 0 Å². The van der Waals surface area contributed by atoms with Crippen molar-refractivity contribution < 1.29 is 12.8 Å². The van der Waals surface area contributed by atoms with Crippen molar-refractivity contribution in [1.29, 1.82) is 0 Å². The number of rotatable bonds is 5. The molecule has 1 aliphatic heterocycles. The molecule has 3 heterocycles. The van der Waals surface area contributed by atoms with Gasteiger partial charge in [-0.25, -0.2) is 12.8 Å². The molecule has 6 rings (SSSR count). The van der Waals surface area contributed by atoms with Crippen LogP contribution in [0.4, 0.5) is 4.39 Å². The highest BCUT2D eigenvalue weighted by atomic mass is 32.2. The lowest BCUT2D eigenvalue weighted by molar-refractivity contribution is 0.441. The summed E-state index contributed by atoms with van der Waals surface area (Å²) < 4.78 is 44.7. The fraction of sp³-hybridized carbons (Fsp3) is 0.167. The summed E-state index contributed by atoms with van der Waals surface area (Å²) in [4.78, 5) is 4.59. The van der Waals surface area contributed by atoms with Crippen LogP contribution in [0.25, 0.3) is 27.4 Å². The van der Waals surface area contributed by atoms with E-state index in [-0.39, 0.29) is 10.7 Å². The van der Waals surface area contributed by atoms with Crippen molar-refractivity contribution in [2.24, 2.45) is 0 Å². The average Bonchev–Trinajstić information content (AvgIpc) is 3.19. The Morgan fingerprint density at radius 3 is 2.59 bits per heavy atom. The number of sulfonamides is 1. The van der Waals surface area contributed by atoms with Gasteiger partial charge in [-0.3, -0.25) is 4.98 Å². The lowest BCUT2D eigenvalue weighted by Gasteiger charge is -2.26. The van der Waals surface area contributed by atoms with Gasteiger partial charge in [0.2, 0.25) is 10.0 Å². The van der Waals surface area contributed by atoms with Crippen LogP contribution in [-0.2, 0) is 16.6 Å². The molecule has 0 saturated carbocycles. The molecule has 186 valence electrons. The first-order chi connectivity index (χ1) is 17.9. The summed E-state index contributed by atoms with van der Waals surface area (Å²) in [6.07, 6.45) is 4.26. The monoisotopic (exact) mass is 511 g/mol. The third kappa shape index (κ3) is 4.14. The third-order valence-corrected chi connectivity index (χ3v) is 9.06. The summed E-state index contributed by atoms with van der Waals surface area (Å²) in [5, 5.41) is 1.93. The molecule has 0 aliphatic carbocycles. The molecule has 0 unspecified atom stereocenters. The molecular formula is C30H26FN3O2S. The van der Waals surface area contributed by atoms with Gasteiger partial charge in [0, 0.05) is 53.4 Å². The van der Waals surface area contributed by atoms with Gasteiger partial charge in [-0.2, -0.15) is 4.31 Å². The highest BCUT2D eigenvalue weighted by Gasteiger charge is 2.29. The molecule has 0 radical (unpaired) electrons. The minimum absolute atomic E-state index is 0.241. The van der Waals surface area contributed by atoms with Crippen LogP contribution in [-0.4, -0.2) is 35.4 Å². The van der Waals surface area contributed by atoms with Crippen LogP contribution >= 0.6 is 0 Å². The Kier molecular flexibility index (Phi) is 5.89. The van der Waals surface area contributed by atoms with E-state index in [1.165, 1.54) is 10.4 Å². The summed E-state index contributed by atoms with van der Waals surface area (Å²) in [7, 11) is -3.70. The molecule has 0 bridgehead atoms. The van der Waals surface area contributed by atoms with Crippen molar-refractivity contribution in [2.75, 3.05) is 13.1 Å². The molecule has 0 N–H and O–H groups in total. The van der Waals surface area contributed by atoms with Gasteiger partial charge in [-0.15, -0.1) is 0 Å². The van der Waals surface area contributed by atoms with Crippen LogP contribution in [0.3, 0.4) is 0 Å². The number of pyridine rings is 1. The molecule has 0 saturated heterocycles. The van der Waals surface area contributed by atoms with Crippen molar-refractivity contribution in [3.63, 3.8) is 0 Å². The molecule has 37 heavy (non-hydrogen) atoms. The van der Waals surface area contributed by atoms with Gasteiger partial charge in [0.05, 0.1) is 5.52 Å². The first-order valence-electron chi connectivity index (χ1n) is 12.3. The maximum absolute atomic E-state index is 13.8. The zero-order valence-electron chi connectivity index (χ0n) is 20.4. The fourth-order valence-electron chi connectivity index (χ4n) is 5.38. The third-order valence-electron chi connectivity index (χ3n) is 7.17. The van der Waals surface area contributed by atoms with Crippen molar-refractivity contribution in [2.45, 2.75) is 24.8 Å². The van der Waals surface area contributed by atoms with E-state index in [1.54, 1.807) is 30.5 Å². The molecule has 0 spiro atoms. The molecule has 0 atom stereocenters. The predicted molar refractivity (Wildman–Crippen MR) is 145 cm³/mol. The van der Waals surface area contributed by atoms with Crippen LogP contribution < -0.4 is 0 Å². The lowest BCUT2D eigenvalue weighted by Crippen LogP contribution is -2.34. The van der Waals surface area contributed by atoms with Crippen molar-refractivity contribution >= 4 is 37.4 Å². The number of halogens is 1. The van der Waals surface area contributed by atoms with Gasteiger partial charge in [0.25, 0.3) is 0 Å². The molecule has 5 aromatic rings. The van der Waals surface area contributed by atoms with E-state index in [2.05, 4.69) is 28.6 Å². The number of benzene rings is 3. The number of aromatic nitrogens is 2. The second-order valence-electron chi connectivity index (χ2n) is 9.37. The van der Waals surface area contributed by atoms with E-state index >= 15 is 0 Å². The maximum Gasteiger partial charge on any atom is 0.245 e. The maximum atomic E-state index is 13.8. The highest BCUT2D eigenvalue weighted by molar-refractivity contribution is 7.89. The molecular weight excluding hydrogens is 485 g/mol. The zero-order valence-corrected chi connectivity index (χ0v) is 21.2. The Morgan fingerprint density at radius 2 is 1.78 bits per heavy atom. The fourth-order valence-corrected chi connectivity index (χ4v) is 6.92. The Morgan fingerprint density at radius 1 is 0.973 bits per heavy atom. The Bertz CT molecular complexity index is 1780. The molecule has 1 aliphatic rings. The van der Waals surface area contributed by atoms with E-state index in [9.17, 15) is 12.8 Å². The quantitative estimate of drug-likeness (QED) is 0.284. The summed E-state index contributed by atoms with van der Waals surface area (Å²) in [6, 6.07) is 23.9. The predicted octanol–water partition coefficient (Wildman–Crippen LogP) is 6.16. The minimum Gasteiger partial charge on any atom is -0.340 e. The van der Waals surface area contributed by atoms with Crippen molar-refractivity contribution in [3.05, 3.63) is 114 Å². The van der Waals surface area contributed by atoms with Crippen molar-refractivity contribution in [1.82, 2.24) is 13.9 Å². The van der Waals surface area contributed by atoms with Crippen LogP contribution in [0, 0.1) is 12.7 Å². The molecule has 7 heteroatoms. The average molecular weight is 512 g/mol. The Hall–Kier alpha value is -3.81. The Labute approximate surface area is 215 Å². The topological polar surface area (TPSA) is 55.2 Å². The summed E-state index contributed by atoms with van der Waals surface area (Å²) >= 11 is 0. The van der Waals surface area contributed by atoms with Gasteiger partial charge in [-0.05, 0) is 54.8 Å². The Balaban J connectivity index is 1.35. The minimum atomic E-state index is -3.70. The summed E-state index contributed by atoms with van der Waals surface area (Å²) in [5.41, 5.74) is 5.83. The summed E-state index contributed by atoms with van der Waals surface area (Å²) in [5.74, 6) is -0.246. The number of nitrogens with zero attached hydrogens (tertiary/aromatic N) is 3. The van der Waals surface area contributed by atoms with E-state index in [0.29, 0.717) is 31.6 Å². The van der Waals surface area contributed by atoms with Gasteiger partial charge in [-0.1, -0.05) is 54.6 Å². The van der Waals surface area contributed by atoms with Crippen molar-refractivity contribution in [3.8, 4) is 0 Å². The van der Waals surface area contributed by atoms with E-state index < -0.39 is 10.0 Å². The number of para-hydroxylation sites is 2. The van der Waals surface area contributed by atoms with Gasteiger partial charge in [0.15, 0.2) is 0 Å². The molecule has 3 aromatic carbocycles.